The number of hydrogen-bond donors (Lipinski definition) is 0. The molecule has 38 heavy (non-hydrogen) atoms. The highest BCUT2D eigenvalue weighted by atomic mass is 16.3. The maximum Gasteiger partial charge on any atom is 0.223 e. The van der Waals surface area contributed by atoms with Crippen LogP contribution < -0.4 is 0 Å². The molecule has 1 atom stereocenters. The highest BCUT2D eigenvalue weighted by Gasteiger charge is 2.29. The molecule has 1 aliphatic carbocycles. The number of pyridine rings is 1. The average molecular weight is 513 g/mol. The number of piperidine rings is 2. The molecule has 2 saturated heterocycles. The fourth-order valence-electron chi connectivity index (χ4n) is 6.42. The molecule has 0 radical (unpaired) electrons. The van der Waals surface area contributed by atoms with Gasteiger partial charge in [-0.1, -0.05) is 29.8 Å². The molecule has 1 aromatic carbocycles. The molecule has 2 fully saturated rings. The second kappa shape index (κ2) is 11.2. The molecular formula is C31H36N4O3. The van der Waals surface area contributed by atoms with Gasteiger partial charge in [-0.3, -0.25) is 9.78 Å². The zero-order chi connectivity index (χ0) is 25.9. The monoisotopic (exact) mass is 512 g/mol. The van der Waals surface area contributed by atoms with Crippen LogP contribution in [0, 0.1) is 4.91 Å². The number of aromatic nitrogens is 1. The van der Waals surface area contributed by atoms with Crippen LogP contribution in [0.2, 0.25) is 0 Å². The number of rotatable bonds is 7. The number of carbonyl (C=O) groups is 1. The maximum absolute atomic E-state index is 12.9. The fourth-order valence-corrected chi connectivity index (χ4v) is 6.42. The van der Waals surface area contributed by atoms with Crippen molar-refractivity contribution in [3.05, 3.63) is 70.6 Å². The van der Waals surface area contributed by atoms with Crippen molar-refractivity contribution in [1.29, 1.82) is 0 Å². The third-order valence-corrected chi connectivity index (χ3v) is 8.66. The van der Waals surface area contributed by atoms with Gasteiger partial charge in [0.2, 0.25) is 5.91 Å². The zero-order valence-corrected chi connectivity index (χ0v) is 22.0. The lowest BCUT2D eigenvalue weighted by molar-refractivity contribution is -0.132. The van der Waals surface area contributed by atoms with E-state index in [1.807, 2.05) is 17.0 Å². The van der Waals surface area contributed by atoms with E-state index in [1.165, 1.54) is 24.8 Å². The minimum absolute atomic E-state index is 0.230. The Labute approximate surface area is 224 Å². The van der Waals surface area contributed by atoms with E-state index < -0.39 is 0 Å². The molecule has 2 aromatic heterocycles. The number of nitrogens with zero attached hydrogens (tertiary/aromatic N) is 4. The van der Waals surface area contributed by atoms with Crippen molar-refractivity contribution in [2.75, 3.05) is 32.7 Å². The molecule has 198 valence electrons. The minimum Gasteiger partial charge on any atom is -0.460 e. The van der Waals surface area contributed by atoms with Crippen LogP contribution in [0.5, 0.6) is 0 Å². The summed E-state index contributed by atoms with van der Waals surface area (Å²) in [5.41, 5.74) is 5.42. The van der Waals surface area contributed by atoms with Crippen LogP contribution in [0.15, 0.2) is 58.4 Å². The lowest BCUT2D eigenvalue weighted by Crippen LogP contribution is -2.40. The second-order valence-corrected chi connectivity index (χ2v) is 11.0. The van der Waals surface area contributed by atoms with Crippen molar-refractivity contribution in [3.63, 3.8) is 0 Å². The molecule has 0 bridgehead atoms. The van der Waals surface area contributed by atoms with Crippen molar-refractivity contribution >= 4 is 5.91 Å². The van der Waals surface area contributed by atoms with Crippen molar-refractivity contribution in [2.24, 2.45) is 5.18 Å². The van der Waals surface area contributed by atoms with Gasteiger partial charge in [0.25, 0.3) is 0 Å². The molecule has 0 N–H and O–H groups in total. The fraction of sp³-hybridized carbons (Fsp3) is 0.484. The van der Waals surface area contributed by atoms with Gasteiger partial charge in [-0.15, -0.1) is 0 Å². The van der Waals surface area contributed by atoms with E-state index >= 15 is 0 Å². The van der Waals surface area contributed by atoms with Crippen molar-refractivity contribution in [3.8, 4) is 22.5 Å². The SMILES string of the molecule is O=NC1CCc2cc(-c3cc(C4CCN(C(=O)CCN5CCCCC5)CC4)oc3-c3ccncc3)ccc21. The quantitative estimate of drug-likeness (QED) is 0.345. The van der Waals surface area contributed by atoms with Gasteiger partial charge in [-0.25, -0.2) is 0 Å². The summed E-state index contributed by atoms with van der Waals surface area (Å²) in [5.74, 6) is 2.41. The standard InChI is InChI=1S/C31H36N4O3/c36-30(12-17-34-15-2-1-3-16-34)35-18-10-22(11-19-35)29-21-27(31(38-29)23-8-13-32-14-9-23)25-4-6-26-24(20-25)5-7-28(26)33-37/h4,6,8-9,13-14,20-22,28H,1-3,5,7,10-12,15-19H2. The average Bonchev–Trinajstić information content (AvgIpc) is 3.61. The highest BCUT2D eigenvalue weighted by Crippen LogP contribution is 2.42. The van der Waals surface area contributed by atoms with E-state index in [0.29, 0.717) is 6.42 Å². The molecule has 1 unspecified atom stereocenters. The second-order valence-electron chi connectivity index (χ2n) is 11.0. The molecule has 0 saturated carbocycles. The van der Waals surface area contributed by atoms with Gasteiger partial charge in [0, 0.05) is 55.5 Å². The molecule has 3 aromatic rings. The van der Waals surface area contributed by atoms with Gasteiger partial charge in [0.15, 0.2) is 0 Å². The Morgan fingerprint density at radius 3 is 2.50 bits per heavy atom. The summed E-state index contributed by atoms with van der Waals surface area (Å²) in [7, 11) is 0. The molecule has 7 heteroatoms. The Morgan fingerprint density at radius 2 is 1.74 bits per heavy atom. The van der Waals surface area contributed by atoms with Crippen molar-refractivity contribution in [2.45, 2.75) is 63.3 Å². The summed E-state index contributed by atoms with van der Waals surface area (Å²) in [6, 6.07) is 12.3. The number of likely N-dealkylation sites (tertiary alicyclic amines) is 2. The molecular weight excluding hydrogens is 476 g/mol. The summed E-state index contributed by atoms with van der Waals surface area (Å²) in [5, 5.41) is 3.31. The first-order chi connectivity index (χ1) is 18.7. The predicted octanol–water partition coefficient (Wildman–Crippen LogP) is 6.34. The van der Waals surface area contributed by atoms with Crippen LogP contribution in [-0.2, 0) is 11.2 Å². The van der Waals surface area contributed by atoms with Crippen LogP contribution in [0.4, 0.5) is 0 Å². The molecule has 6 rings (SSSR count). The highest BCUT2D eigenvalue weighted by molar-refractivity contribution is 5.81. The number of nitroso groups, excluding NO2 is 1. The van der Waals surface area contributed by atoms with E-state index in [2.05, 4.69) is 39.3 Å². The molecule has 7 nitrogen and oxygen atoms in total. The Balaban J connectivity index is 1.18. The smallest absolute Gasteiger partial charge is 0.223 e. The Hall–Kier alpha value is -3.32. The summed E-state index contributed by atoms with van der Waals surface area (Å²) in [4.78, 5) is 32.8. The van der Waals surface area contributed by atoms with Crippen LogP contribution in [0.25, 0.3) is 22.5 Å². The van der Waals surface area contributed by atoms with E-state index in [4.69, 9.17) is 4.42 Å². The number of fused-ring (bicyclic) bond motifs is 1. The molecule has 0 spiro atoms. The molecule has 4 heterocycles. The molecule has 3 aliphatic rings. The lowest BCUT2D eigenvalue weighted by Gasteiger charge is -2.32. The number of aryl methyl sites for hydroxylation is 1. The van der Waals surface area contributed by atoms with Gasteiger partial charge in [0.05, 0.1) is 0 Å². The van der Waals surface area contributed by atoms with Gasteiger partial charge in [-0.05, 0) is 86.5 Å². The van der Waals surface area contributed by atoms with Crippen LogP contribution in [0.1, 0.15) is 73.8 Å². The third-order valence-electron chi connectivity index (χ3n) is 8.66. The Morgan fingerprint density at radius 1 is 0.947 bits per heavy atom. The lowest BCUT2D eigenvalue weighted by atomic mass is 9.92. The summed E-state index contributed by atoms with van der Waals surface area (Å²) < 4.78 is 6.57. The number of furan rings is 1. The van der Waals surface area contributed by atoms with Gasteiger partial charge < -0.3 is 14.2 Å². The van der Waals surface area contributed by atoms with E-state index in [-0.39, 0.29) is 17.9 Å². The minimum atomic E-state index is -0.230. The number of benzene rings is 1. The Kier molecular flexibility index (Phi) is 7.36. The summed E-state index contributed by atoms with van der Waals surface area (Å²) >= 11 is 0. The van der Waals surface area contributed by atoms with Gasteiger partial charge >= 0.3 is 0 Å². The zero-order valence-electron chi connectivity index (χ0n) is 22.0. The van der Waals surface area contributed by atoms with Crippen LogP contribution >= 0.6 is 0 Å². The topological polar surface area (TPSA) is 79.0 Å². The first-order valence-electron chi connectivity index (χ1n) is 14.2. The summed E-state index contributed by atoms with van der Waals surface area (Å²) in [6.45, 7) is 4.72. The van der Waals surface area contributed by atoms with Gasteiger partial charge in [-0.2, -0.15) is 4.91 Å². The number of amides is 1. The normalized spacial score (nSPS) is 20.4. The molecule has 2 aliphatic heterocycles. The van der Waals surface area contributed by atoms with E-state index in [0.717, 1.165) is 92.2 Å². The van der Waals surface area contributed by atoms with E-state index in [1.54, 1.807) is 12.4 Å². The Bertz CT molecular complexity index is 1270. The number of hydrogen-bond acceptors (Lipinski definition) is 6. The maximum atomic E-state index is 12.9. The first kappa shape index (κ1) is 25.0. The van der Waals surface area contributed by atoms with Crippen molar-refractivity contribution < 1.29 is 9.21 Å². The number of carbonyl (C=O) groups excluding carboxylic acids is 1. The van der Waals surface area contributed by atoms with Crippen molar-refractivity contribution in [1.82, 2.24) is 14.8 Å². The first-order valence-corrected chi connectivity index (χ1v) is 14.2. The van der Waals surface area contributed by atoms with E-state index in [9.17, 15) is 9.70 Å². The van der Waals surface area contributed by atoms with Gasteiger partial charge in [0.1, 0.15) is 17.6 Å². The summed E-state index contributed by atoms with van der Waals surface area (Å²) in [6.07, 6.45) is 11.5. The van der Waals surface area contributed by atoms with Crippen LogP contribution in [0.3, 0.4) is 0 Å². The largest absolute Gasteiger partial charge is 0.460 e. The molecule has 1 amide bonds. The third kappa shape index (κ3) is 5.17. The van der Waals surface area contributed by atoms with Crippen LogP contribution in [-0.4, -0.2) is 53.4 Å². The predicted molar refractivity (Wildman–Crippen MR) is 148 cm³/mol.